The van der Waals surface area contributed by atoms with Crippen molar-refractivity contribution >= 4 is 28.2 Å². The Bertz CT molecular complexity index is 813. The fraction of sp³-hybridized carbons (Fsp3) is 0.400. The van der Waals surface area contributed by atoms with Crippen LogP contribution in [0.15, 0.2) is 24.3 Å². The molecule has 0 aliphatic rings. The number of benzene rings is 1. The fourth-order valence-electron chi connectivity index (χ4n) is 2.35. The monoisotopic (exact) mass is 391 g/mol. The van der Waals surface area contributed by atoms with Crippen molar-refractivity contribution in [1.82, 2.24) is 0 Å². The fourth-order valence-corrected chi connectivity index (χ4v) is 3.41. The van der Waals surface area contributed by atoms with Gasteiger partial charge in [0.05, 0.1) is 19.3 Å². The Kier molecular flexibility index (Phi) is 7.24. The molecule has 0 unspecified atom stereocenters. The van der Waals surface area contributed by atoms with Gasteiger partial charge in [-0.3, -0.25) is 4.79 Å². The summed E-state index contributed by atoms with van der Waals surface area (Å²) in [6.07, 6.45) is 0. The number of amides is 1. The molecule has 1 N–H and O–H groups in total. The number of rotatable bonds is 8. The number of esters is 1. The molecule has 6 nitrogen and oxygen atoms in total. The van der Waals surface area contributed by atoms with Gasteiger partial charge in [0.1, 0.15) is 5.00 Å². The number of hydrogen-bond acceptors (Lipinski definition) is 6. The topological polar surface area (TPSA) is 73.9 Å². The molecule has 0 aliphatic heterocycles. The zero-order valence-electron chi connectivity index (χ0n) is 16.3. The van der Waals surface area contributed by atoms with E-state index in [1.165, 1.54) is 11.3 Å². The van der Waals surface area contributed by atoms with Crippen LogP contribution in [0.1, 0.15) is 47.5 Å². The highest BCUT2D eigenvalue weighted by Gasteiger charge is 2.20. The van der Waals surface area contributed by atoms with Crippen LogP contribution in [-0.4, -0.2) is 32.2 Å². The molecule has 1 aromatic carbocycles. The molecule has 1 heterocycles. The Balaban J connectivity index is 2.10. The molecule has 2 rings (SSSR count). The predicted molar refractivity (Wildman–Crippen MR) is 106 cm³/mol. The Morgan fingerprint density at radius 2 is 1.93 bits per heavy atom. The summed E-state index contributed by atoms with van der Waals surface area (Å²) in [5, 5.41) is 3.23. The molecule has 0 atom stereocenters. The van der Waals surface area contributed by atoms with Gasteiger partial charge in [-0.2, -0.15) is 0 Å². The molecule has 1 amide bonds. The van der Waals surface area contributed by atoms with Crippen molar-refractivity contribution in [2.45, 2.75) is 33.6 Å². The SMILES string of the molecule is CCOC(=O)c1cc(C(C)C)sc1NC(=O)COc1ccc(C)cc1OC. The lowest BCUT2D eigenvalue weighted by atomic mass is 10.1. The van der Waals surface area contributed by atoms with Crippen LogP contribution < -0.4 is 14.8 Å². The smallest absolute Gasteiger partial charge is 0.341 e. The number of anilines is 1. The van der Waals surface area contributed by atoms with Crippen molar-refractivity contribution in [3.63, 3.8) is 0 Å². The maximum Gasteiger partial charge on any atom is 0.341 e. The van der Waals surface area contributed by atoms with Crippen LogP contribution in [0.4, 0.5) is 5.00 Å². The van der Waals surface area contributed by atoms with Crippen molar-refractivity contribution in [2.24, 2.45) is 0 Å². The molecule has 27 heavy (non-hydrogen) atoms. The molecule has 0 fully saturated rings. The van der Waals surface area contributed by atoms with Gasteiger partial charge < -0.3 is 19.5 Å². The first-order chi connectivity index (χ1) is 12.8. The van der Waals surface area contributed by atoms with Gasteiger partial charge in [-0.05, 0) is 43.5 Å². The third kappa shape index (κ3) is 5.47. The van der Waals surface area contributed by atoms with E-state index in [1.807, 2.05) is 32.9 Å². The Morgan fingerprint density at radius 3 is 2.56 bits per heavy atom. The van der Waals surface area contributed by atoms with Gasteiger partial charge in [-0.15, -0.1) is 11.3 Å². The molecule has 0 aliphatic carbocycles. The predicted octanol–water partition coefficient (Wildman–Crippen LogP) is 4.38. The van der Waals surface area contributed by atoms with Crippen molar-refractivity contribution in [3.8, 4) is 11.5 Å². The molecule has 0 saturated heterocycles. The molecule has 0 bridgehead atoms. The first-order valence-corrected chi connectivity index (χ1v) is 9.55. The lowest BCUT2D eigenvalue weighted by molar-refractivity contribution is -0.118. The highest BCUT2D eigenvalue weighted by molar-refractivity contribution is 7.16. The number of aryl methyl sites for hydroxylation is 1. The second-order valence-electron chi connectivity index (χ2n) is 6.26. The largest absolute Gasteiger partial charge is 0.493 e. The van der Waals surface area contributed by atoms with Crippen LogP contribution in [0.5, 0.6) is 11.5 Å². The van der Waals surface area contributed by atoms with Crippen LogP contribution in [0.25, 0.3) is 0 Å². The van der Waals surface area contributed by atoms with E-state index in [-0.39, 0.29) is 25.0 Å². The summed E-state index contributed by atoms with van der Waals surface area (Å²) in [7, 11) is 1.55. The average Bonchev–Trinajstić information content (AvgIpc) is 3.05. The Labute approximate surface area is 163 Å². The second-order valence-corrected chi connectivity index (χ2v) is 7.34. The van der Waals surface area contributed by atoms with Gasteiger partial charge >= 0.3 is 5.97 Å². The zero-order valence-corrected chi connectivity index (χ0v) is 17.1. The first-order valence-electron chi connectivity index (χ1n) is 8.73. The van der Waals surface area contributed by atoms with Crippen molar-refractivity contribution in [1.29, 1.82) is 0 Å². The van der Waals surface area contributed by atoms with E-state index in [2.05, 4.69) is 5.32 Å². The summed E-state index contributed by atoms with van der Waals surface area (Å²) in [6.45, 7) is 7.82. The van der Waals surface area contributed by atoms with Gasteiger partial charge in [-0.1, -0.05) is 19.9 Å². The van der Waals surface area contributed by atoms with Gasteiger partial charge in [0.2, 0.25) is 0 Å². The highest BCUT2D eigenvalue weighted by atomic mass is 32.1. The van der Waals surface area contributed by atoms with Crippen molar-refractivity contribution < 1.29 is 23.8 Å². The summed E-state index contributed by atoms with van der Waals surface area (Å²) < 4.78 is 15.9. The van der Waals surface area contributed by atoms with Crippen LogP contribution in [0.3, 0.4) is 0 Å². The Morgan fingerprint density at radius 1 is 1.19 bits per heavy atom. The number of thiophene rings is 1. The minimum Gasteiger partial charge on any atom is -0.493 e. The summed E-state index contributed by atoms with van der Waals surface area (Å²) in [4.78, 5) is 25.5. The van der Waals surface area contributed by atoms with E-state index in [0.29, 0.717) is 22.1 Å². The standard InChI is InChI=1S/C20H25NO5S/c1-6-25-20(23)14-10-17(12(2)3)27-19(14)21-18(22)11-26-15-8-7-13(4)9-16(15)24-5/h7-10,12H,6,11H2,1-5H3,(H,21,22). The summed E-state index contributed by atoms with van der Waals surface area (Å²) in [5.74, 6) is 0.477. The second kappa shape index (κ2) is 9.41. The zero-order chi connectivity index (χ0) is 20.0. The highest BCUT2D eigenvalue weighted by Crippen LogP contribution is 2.33. The molecule has 0 saturated carbocycles. The lowest BCUT2D eigenvalue weighted by Crippen LogP contribution is -2.21. The van der Waals surface area contributed by atoms with Crippen LogP contribution in [-0.2, 0) is 9.53 Å². The maximum atomic E-state index is 12.3. The lowest BCUT2D eigenvalue weighted by Gasteiger charge is -2.11. The number of hydrogen-bond donors (Lipinski definition) is 1. The van der Waals surface area contributed by atoms with E-state index >= 15 is 0 Å². The minimum atomic E-state index is -0.447. The van der Waals surface area contributed by atoms with Crippen molar-refractivity contribution in [2.75, 3.05) is 25.6 Å². The van der Waals surface area contributed by atoms with E-state index in [9.17, 15) is 9.59 Å². The normalized spacial score (nSPS) is 10.6. The summed E-state index contributed by atoms with van der Waals surface area (Å²) in [5.41, 5.74) is 1.40. The van der Waals surface area contributed by atoms with E-state index in [0.717, 1.165) is 10.4 Å². The van der Waals surface area contributed by atoms with Gasteiger partial charge in [0.25, 0.3) is 5.91 Å². The van der Waals surface area contributed by atoms with E-state index in [4.69, 9.17) is 14.2 Å². The number of carbonyl (C=O) groups excluding carboxylic acids is 2. The summed E-state index contributed by atoms with van der Waals surface area (Å²) in [6, 6.07) is 7.24. The van der Waals surface area contributed by atoms with E-state index < -0.39 is 5.97 Å². The molecular formula is C20H25NO5S. The number of ether oxygens (including phenoxy) is 3. The number of methoxy groups -OCH3 is 1. The first kappa shape index (κ1) is 20.8. The number of carbonyl (C=O) groups is 2. The molecule has 0 radical (unpaired) electrons. The molecule has 1 aromatic heterocycles. The molecule has 146 valence electrons. The molecule has 0 spiro atoms. The van der Waals surface area contributed by atoms with Crippen molar-refractivity contribution in [3.05, 3.63) is 40.3 Å². The molecule has 2 aromatic rings. The van der Waals surface area contributed by atoms with Gasteiger partial charge in [0, 0.05) is 4.88 Å². The van der Waals surface area contributed by atoms with Crippen LogP contribution >= 0.6 is 11.3 Å². The summed E-state index contributed by atoms with van der Waals surface area (Å²) >= 11 is 1.37. The molecular weight excluding hydrogens is 366 g/mol. The third-order valence-electron chi connectivity index (χ3n) is 3.75. The van der Waals surface area contributed by atoms with E-state index in [1.54, 1.807) is 26.2 Å². The Hall–Kier alpha value is -2.54. The molecule has 7 heteroatoms. The average molecular weight is 391 g/mol. The maximum absolute atomic E-state index is 12.3. The van der Waals surface area contributed by atoms with Crippen LogP contribution in [0.2, 0.25) is 0 Å². The van der Waals surface area contributed by atoms with Gasteiger partial charge in [-0.25, -0.2) is 4.79 Å². The van der Waals surface area contributed by atoms with Gasteiger partial charge in [0.15, 0.2) is 18.1 Å². The number of nitrogens with one attached hydrogen (secondary N) is 1. The van der Waals surface area contributed by atoms with Crippen LogP contribution in [0, 0.1) is 6.92 Å². The minimum absolute atomic E-state index is 0.198. The quantitative estimate of drug-likeness (QED) is 0.676. The third-order valence-corrected chi connectivity index (χ3v) is 5.10.